The molecule has 1 aliphatic rings. The number of hydrogen-bond acceptors (Lipinski definition) is 6. The van der Waals surface area contributed by atoms with Gasteiger partial charge in [0.1, 0.15) is 5.69 Å². The van der Waals surface area contributed by atoms with Crippen molar-refractivity contribution >= 4 is 45.9 Å². The summed E-state index contributed by atoms with van der Waals surface area (Å²) in [5.74, 6) is 1.49. The van der Waals surface area contributed by atoms with E-state index in [9.17, 15) is 9.59 Å². The first-order valence-corrected chi connectivity index (χ1v) is 11.5. The van der Waals surface area contributed by atoms with Gasteiger partial charge in [-0.25, -0.2) is 9.78 Å². The minimum Gasteiger partial charge on any atom is -0.462 e. The Kier molecular flexibility index (Phi) is 6.42. The first-order valence-electron chi connectivity index (χ1n) is 10.4. The molecule has 3 aromatic rings. The second-order valence-electron chi connectivity index (χ2n) is 7.41. The van der Waals surface area contributed by atoms with Gasteiger partial charge < -0.3 is 15.0 Å². The lowest BCUT2D eigenvalue weighted by Gasteiger charge is -2.26. The summed E-state index contributed by atoms with van der Waals surface area (Å²) in [6.07, 6.45) is 0. The largest absolute Gasteiger partial charge is 0.462 e. The molecule has 0 aliphatic carbocycles. The van der Waals surface area contributed by atoms with Crippen LogP contribution in [0, 0.1) is 6.92 Å². The van der Waals surface area contributed by atoms with Gasteiger partial charge in [0.05, 0.1) is 23.4 Å². The number of nitrogens with zero attached hydrogens (tertiary/aromatic N) is 2. The van der Waals surface area contributed by atoms with Gasteiger partial charge in [0.15, 0.2) is 0 Å². The fourth-order valence-electron chi connectivity index (χ4n) is 3.57. The summed E-state index contributed by atoms with van der Waals surface area (Å²) in [5, 5.41) is 4.31. The number of aromatic nitrogens is 1. The van der Waals surface area contributed by atoms with Crippen LogP contribution >= 0.6 is 11.8 Å². The Morgan fingerprint density at radius 3 is 2.71 bits per heavy atom. The summed E-state index contributed by atoms with van der Waals surface area (Å²) in [6.45, 7) is 5.61. The van der Waals surface area contributed by atoms with E-state index in [1.54, 1.807) is 25.1 Å². The lowest BCUT2D eigenvalue weighted by atomic mass is 10.1. The number of amides is 1. The fourth-order valence-corrected chi connectivity index (χ4v) is 4.48. The molecule has 1 fully saturated rings. The highest BCUT2D eigenvalue weighted by molar-refractivity contribution is 7.99. The van der Waals surface area contributed by atoms with Gasteiger partial charge in [-0.2, -0.15) is 11.8 Å². The molecule has 1 aromatic heterocycles. The van der Waals surface area contributed by atoms with Gasteiger partial charge in [0.25, 0.3) is 5.91 Å². The second kappa shape index (κ2) is 9.39. The summed E-state index contributed by atoms with van der Waals surface area (Å²) < 4.78 is 5.11. The van der Waals surface area contributed by atoms with Crippen LogP contribution in [0.25, 0.3) is 10.9 Å². The number of carbonyl (C=O) groups is 2. The lowest BCUT2D eigenvalue weighted by molar-refractivity contribution is 0.0526. The topological polar surface area (TPSA) is 71.5 Å². The van der Waals surface area contributed by atoms with E-state index in [0.717, 1.165) is 52.4 Å². The second-order valence-corrected chi connectivity index (χ2v) is 8.63. The SMILES string of the molecule is CCOC(=O)c1cccc(Nc2cc(C(=O)N3CCSCC3)nc3ccc(C)cc23)c1. The van der Waals surface area contributed by atoms with E-state index in [0.29, 0.717) is 17.9 Å². The van der Waals surface area contributed by atoms with Gasteiger partial charge >= 0.3 is 5.97 Å². The Labute approximate surface area is 186 Å². The number of aryl methyl sites for hydroxylation is 1. The summed E-state index contributed by atoms with van der Waals surface area (Å²) in [7, 11) is 0. The summed E-state index contributed by atoms with van der Waals surface area (Å²) in [4.78, 5) is 31.7. The van der Waals surface area contributed by atoms with Gasteiger partial charge in [-0.15, -0.1) is 0 Å². The molecule has 1 aliphatic heterocycles. The van der Waals surface area contributed by atoms with Crippen LogP contribution in [0.5, 0.6) is 0 Å². The van der Waals surface area contributed by atoms with Crippen molar-refractivity contribution in [3.63, 3.8) is 0 Å². The van der Waals surface area contributed by atoms with Crippen molar-refractivity contribution in [1.82, 2.24) is 9.88 Å². The maximum absolute atomic E-state index is 13.1. The summed E-state index contributed by atoms with van der Waals surface area (Å²) in [6, 6.07) is 15.0. The van der Waals surface area contributed by atoms with E-state index in [1.165, 1.54) is 0 Å². The Hall–Kier alpha value is -3.06. The summed E-state index contributed by atoms with van der Waals surface area (Å²) >= 11 is 1.86. The smallest absolute Gasteiger partial charge is 0.338 e. The van der Waals surface area contributed by atoms with Crippen LogP contribution in [0.3, 0.4) is 0 Å². The van der Waals surface area contributed by atoms with Crippen molar-refractivity contribution in [3.8, 4) is 0 Å². The zero-order valence-electron chi connectivity index (χ0n) is 17.7. The van der Waals surface area contributed by atoms with Crippen LogP contribution < -0.4 is 5.32 Å². The number of fused-ring (bicyclic) bond motifs is 1. The van der Waals surface area contributed by atoms with Crippen molar-refractivity contribution in [3.05, 3.63) is 65.4 Å². The molecule has 4 rings (SSSR count). The molecule has 1 amide bonds. The first-order chi connectivity index (χ1) is 15.0. The van der Waals surface area contributed by atoms with Crippen molar-refractivity contribution in [2.45, 2.75) is 13.8 Å². The standard InChI is InChI=1S/C24H25N3O3S/c1-3-30-24(29)17-5-4-6-18(14-17)25-21-15-22(23(28)27-9-11-31-12-10-27)26-20-8-7-16(2)13-19(20)21/h4-8,13-15H,3,9-12H2,1-2H3,(H,25,26). The molecule has 0 radical (unpaired) electrons. The molecule has 6 nitrogen and oxygen atoms in total. The molecule has 0 saturated carbocycles. The molecule has 0 spiro atoms. The third-order valence-corrected chi connectivity index (χ3v) is 6.08. The number of hydrogen-bond donors (Lipinski definition) is 1. The maximum Gasteiger partial charge on any atom is 0.338 e. The average molecular weight is 436 g/mol. The molecule has 7 heteroatoms. The Morgan fingerprint density at radius 2 is 1.94 bits per heavy atom. The highest BCUT2D eigenvalue weighted by atomic mass is 32.2. The predicted molar refractivity (Wildman–Crippen MR) is 125 cm³/mol. The van der Waals surface area contributed by atoms with Crippen LogP contribution in [-0.2, 0) is 4.74 Å². The molecule has 160 valence electrons. The highest BCUT2D eigenvalue weighted by Crippen LogP contribution is 2.29. The van der Waals surface area contributed by atoms with E-state index < -0.39 is 0 Å². The quantitative estimate of drug-likeness (QED) is 0.588. The number of rotatable bonds is 5. The van der Waals surface area contributed by atoms with Crippen LogP contribution in [0.4, 0.5) is 11.4 Å². The maximum atomic E-state index is 13.1. The lowest BCUT2D eigenvalue weighted by Crippen LogP contribution is -2.38. The molecule has 0 atom stereocenters. The van der Waals surface area contributed by atoms with Crippen molar-refractivity contribution < 1.29 is 14.3 Å². The van der Waals surface area contributed by atoms with Gasteiger partial charge in [-0.05, 0) is 50.2 Å². The molecule has 31 heavy (non-hydrogen) atoms. The molecule has 2 aromatic carbocycles. The van der Waals surface area contributed by atoms with Crippen LogP contribution in [-0.4, -0.2) is 53.0 Å². The van der Waals surface area contributed by atoms with E-state index in [-0.39, 0.29) is 11.9 Å². The van der Waals surface area contributed by atoms with E-state index in [1.807, 2.05) is 53.9 Å². The molecule has 0 bridgehead atoms. The zero-order valence-corrected chi connectivity index (χ0v) is 18.5. The minimum atomic E-state index is -0.361. The van der Waals surface area contributed by atoms with Gasteiger partial charge in [-0.3, -0.25) is 4.79 Å². The van der Waals surface area contributed by atoms with Crippen molar-refractivity contribution in [1.29, 1.82) is 0 Å². The normalized spacial score (nSPS) is 13.8. The zero-order chi connectivity index (χ0) is 21.8. The Bertz CT molecular complexity index is 1130. The third kappa shape index (κ3) is 4.82. The predicted octanol–water partition coefficient (Wildman–Crippen LogP) is 4.65. The van der Waals surface area contributed by atoms with Crippen LogP contribution in [0.2, 0.25) is 0 Å². The van der Waals surface area contributed by atoms with Crippen molar-refractivity contribution in [2.75, 3.05) is 36.5 Å². The van der Waals surface area contributed by atoms with Gasteiger partial charge in [-0.1, -0.05) is 17.7 Å². The van der Waals surface area contributed by atoms with E-state index in [4.69, 9.17) is 4.74 Å². The number of benzene rings is 2. The monoisotopic (exact) mass is 435 g/mol. The third-order valence-electron chi connectivity index (χ3n) is 5.13. The molecular formula is C24H25N3O3S. The highest BCUT2D eigenvalue weighted by Gasteiger charge is 2.21. The average Bonchev–Trinajstić information content (AvgIpc) is 2.79. The van der Waals surface area contributed by atoms with E-state index >= 15 is 0 Å². The Morgan fingerprint density at radius 1 is 1.13 bits per heavy atom. The number of nitrogens with one attached hydrogen (secondary N) is 1. The molecule has 2 heterocycles. The molecule has 1 N–H and O–H groups in total. The molecule has 1 saturated heterocycles. The molecular weight excluding hydrogens is 410 g/mol. The number of anilines is 2. The summed E-state index contributed by atoms with van der Waals surface area (Å²) in [5.41, 5.74) is 4.28. The fraction of sp³-hybridized carbons (Fsp3) is 0.292. The van der Waals surface area contributed by atoms with Crippen molar-refractivity contribution in [2.24, 2.45) is 0 Å². The van der Waals surface area contributed by atoms with Crippen LogP contribution in [0.1, 0.15) is 33.3 Å². The van der Waals surface area contributed by atoms with Gasteiger partial charge in [0, 0.05) is 35.7 Å². The number of ether oxygens (including phenoxy) is 1. The Balaban J connectivity index is 1.72. The first kappa shape index (κ1) is 21.2. The number of carbonyl (C=O) groups excluding carboxylic acids is 2. The van der Waals surface area contributed by atoms with E-state index in [2.05, 4.69) is 10.3 Å². The van der Waals surface area contributed by atoms with Crippen LogP contribution in [0.15, 0.2) is 48.5 Å². The minimum absolute atomic E-state index is 0.0499. The van der Waals surface area contributed by atoms with Gasteiger partial charge in [0.2, 0.25) is 0 Å². The number of esters is 1. The number of thioether (sulfide) groups is 1. The number of pyridine rings is 1. The molecule has 0 unspecified atom stereocenters.